The minimum Gasteiger partial charge on any atom is -0.486 e. The molecule has 3 rings (SSSR count). The van der Waals surface area contributed by atoms with Crippen LogP contribution in [0.5, 0.6) is 11.5 Å². The average molecular weight is 252 g/mol. The second-order valence-electron chi connectivity index (χ2n) is 4.18. The molecule has 94 valence electrons. The topological polar surface area (TPSA) is 54.3 Å². The van der Waals surface area contributed by atoms with Gasteiger partial charge in [-0.05, 0) is 30.3 Å². The number of nitrogens with one attached hydrogen (secondary N) is 1. The summed E-state index contributed by atoms with van der Waals surface area (Å²) in [5, 5.41) is 12.1. The monoisotopic (exact) mass is 252 g/mol. The molecule has 0 unspecified atom stereocenters. The van der Waals surface area contributed by atoms with Gasteiger partial charge in [-0.3, -0.25) is 0 Å². The Kier molecular flexibility index (Phi) is 2.95. The van der Waals surface area contributed by atoms with Gasteiger partial charge in [0.1, 0.15) is 13.2 Å². The molecule has 0 aliphatic carbocycles. The van der Waals surface area contributed by atoms with Gasteiger partial charge in [0, 0.05) is 17.4 Å². The third-order valence-electron chi connectivity index (χ3n) is 2.82. The van der Waals surface area contributed by atoms with Crippen molar-refractivity contribution < 1.29 is 9.47 Å². The molecule has 0 bridgehead atoms. The fraction of sp³-hybridized carbons (Fsp3) is 0.133. The van der Waals surface area contributed by atoms with Crippen LogP contribution in [0.4, 0.5) is 11.4 Å². The molecule has 2 aromatic carbocycles. The van der Waals surface area contributed by atoms with Gasteiger partial charge < -0.3 is 14.8 Å². The minimum atomic E-state index is 0.570. The van der Waals surface area contributed by atoms with Crippen LogP contribution in [0.3, 0.4) is 0 Å². The van der Waals surface area contributed by atoms with E-state index >= 15 is 0 Å². The number of hydrogen-bond donors (Lipinski definition) is 1. The SMILES string of the molecule is N#Cc1cccc(Nc2ccc3c(c2)OCCO3)c1. The average Bonchev–Trinajstić information content (AvgIpc) is 2.47. The van der Waals surface area contributed by atoms with E-state index in [4.69, 9.17) is 14.7 Å². The Balaban J connectivity index is 1.85. The summed E-state index contributed by atoms with van der Waals surface area (Å²) in [7, 11) is 0. The highest BCUT2D eigenvalue weighted by Gasteiger charge is 2.11. The molecule has 1 aliphatic heterocycles. The van der Waals surface area contributed by atoms with Gasteiger partial charge in [-0.2, -0.15) is 5.26 Å². The van der Waals surface area contributed by atoms with Crippen LogP contribution in [0.1, 0.15) is 5.56 Å². The standard InChI is InChI=1S/C15H12N2O2/c16-10-11-2-1-3-12(8-11)17-13-4-5-14-15(9-13)19-7-6-18-14/h1-5,8-9,17H,6-7H2. The predicted molar refractivity (Wildman–Crippen MR) is 71.9 cm³/mol. The lowest BCUT2D eigenvalue weighted by atomic mass is 10.2. The van der Waals surface area contributed by atoms with Crippen LogP contribution in [0.25, 0.3) is 0 Å². The maximum atomic E-state index is 8.87. The van der Waals surface area contributed by atoms with Gasteiger partial charge in [-0.1, -0.05) is 6.07 Å². The number of benzene rings is 2. The largest absolute Gasteiger partial charge is 0.486 e. The highest BCUT2D eigenvalue weighted by atomic mass is 16.6. The summed E-state index contributed by atoms with van der Waals surface area (Å²) in [6, 6.07) is 15.2. The van der Waals surface area contributed by atoms with Crippen LogP contribution in [0.2, 0.25) is 0 Å². The Bertz CT molecular complexity index is 647. The molecule has 1 N–H and O–H groups in total. The number of ether oxygens (including phenoxy) is 2. The van der Waals surface area contributed by atoms with Gasteiger partial charge in [-0.25, -0.2) is 0 Å². The van der Waals surface area contributed by atoms with E-state index in [1.807, 2.05) is 30.3 Å². The normalized spacial score (nSPS) is 12.6. The molecule has 0 saturated carbocycles. The summed E-state index contributed by atoms with van der Waals surface area (Å²) in [6.07, 6.45) is 0. The lowest BCUT2D eigenvalue weighted by Crippen LogP contribution is -2.15. The Morgan fingerprint density at radius 3 is 2.58 bits per heavy atom. The molecular formula is C15H12N2O2. The number of anilines is 2. The predicted octanol–water partition coefficient (Wildman–Crippen LogP) is 3.07. The van der Waals surface area contributed by atoms with Crippen LogP contribution in [-0.4, -0.2) is 13.2 Å². The Labute approximate surface area is 111 Å². The maximum absolute atomic E-state index is 8.87. The molecule has 19 heavy (non-hydrogen) atoms. The molecule has 0 aromatic heterocycles. The van der Waals surface area contributed by atoms with Crippen molar-refractivity contribution in [2.75, 3.05) is 18.5 Å². The summed E-state index contributed by atoms with van der Waals surface area (Å²) < 4.78 is 11.0. The first-order valence-electron chi connectivity index (χ1n) is 6.02. The van der Waals surface area contributed by atoms with E-state index in [2.05, 4.69) is 11.4 Å². The third kappa shape index (κ3) is 2.45. The van der Waals surface area contributed by atoms with Crippen LogP contribution in [0.15, 0.2) is 42.5 Å². The van der Waals surface area contributed by atoms with E-state index in [0.29, 0.717) is 18.8 Å². The summed E-state index contributed by atoms with van der Waals surface area (Å²) in [6.45, 7) is 1.16. The molecule has 0 radical (unpaired) electrons. The molecule has 0 spiro atoms. The highest BCUT2D eigenvalue weighted by molar-refractivity contribution is 5.64. The van der Waals surface area contributed by atoms with Crippen LogP contribution in [-0.2, 0) is 0 Å². The zero-order valence-corrected chi connectivity index (χ0v) is 10.2. The number of nitriles is 1. The van der Waals surface area contributed by atoms with Crippen molar-refractivity contribution in [3.8, 4) is 17.6 Å². The van der Waals surface area contributed by atoms with Gasteiger partial charge in [-0.15, -0.1) is 0 Å². The van der Waals surface area contributed by atoms with E-state index in [1.165, 1.54) is 0 Å². The first kappa shape index (κ1) is 11.4. The van der Waals surface area contributed by atoms with Gasteiger partial charge in [0.15, 0.2) is 11.5 Å². The van der Waals surface area contributed by atoms with Crippen molar-refractivity contribution in [3.63, 3.8) is 0 Å². The summed E-state index contributed by atoms with van der Waals surface area (Å²) in [4.78, 5) is 0. The summed E-state index contributed by atoms with van der Waals surface area (Å²) in [5.74, 6) is 1.51. The van der Waals surface area contributed by atoms with Crippen LogP contribution < -0.4 is 14.8 Å². The van der Waals surface area contributed by atoms with Crippen LogP contribution >= 0.6 is 0 Å². The van der Waals surface area contributed by atoms with Crippen molar-refractivity contribution in [2.45, 2.75) is 0 Å². The van der Waals surface area contributed by atoms with Crippen molar-refractivity contribution in [1.29, 1.82) is 5.26 Å². The number of hydrogen-bond acceptors (Lipinski definition) is 4. The third-order valence-corrected chi connectivity index (χ3v) is 2.82. The van der Waals surface area contributed by atoms with Crippen molar-refractivity contribution >= 4 is 11.4 Å². The Morgan fingerprint density at radius 1 is 0.947 bits per heavy atom. The molecular weight excluding hydrogens is 240 g/mol. The molecule has 1 heterocycles. The fourth-order valence-corrected chi connectivity index (χ4v) is 1.95. The second kappa shape index (κ2) is 4.91. The Hall–Kier alpha value is -2.67. The molecule has 0 amide bonds. The molecule has 2 aromatic rings. The highest BCUT2D eigenvalue weighted by Crippen LogP contribution is 2.33. The lowest BCUT2D eigenvalue weighted by molar-refractivity contribution is 0.171. The minimum absolute atomic E-state index is 0.570. The van der Waals surface area contributed by atoms with E-state index in [0.717, 1.165) is 22.9 Å². The smallest absolute Gasteiger partial charge is 0.163 e. The van der Waals surface area contributed by atoms with Gasteiger partial charge >= 0.3 is 0 Å². The van der Waals surface area contributed by atoms with Crippen LogP contribution in [0, 0.1) is 11.3 Å². The van der Waals surface area contributed by atoms with Crippen molar-refractivity contribution in [2.24, 2.45) is 0 Å². The second-order valence-corrected chi connectivity index (χ2v) is 4.18. The van der Waals surface area contributed by atoms with Crippen molar-refractivity contribution in [3.05, 3.63) is 48.0 Å². The van der Waals surface area contributed by atoms with E-state index in [-0.39, 0.29) is 0 Å². The van der Waals surface area contributed by atoms with Gasteiger partial charge in [0.25, 0.3) is 0 Å². The zero-order chi connectivity index (χ0) is 13.1. The Morgan fingerprint density at radius 2 is 1.74 bits per heavy atom. The van der Waals surface area contributed by atoms with Crippen molar-refractivity contribution in [1.82, 2.24) is 0 Å². The molecule has 0 saturated heterocycles. The lowest BCUT2D eigenvalue weighted by Gasteiger charge is -2.19. The quantitative estimate of drug-likeness (QED) is 0.892. The van der Waals surface area contributed by atoms with E-state index in [9.17, 15) is 0 Å². The van der Waals surface area contributed by atoms with Gasteiger partial charge in [0.2, 0.25) is 0 Å². The number of fused-ring (bicyclic) bond motifs is 1. The summed E-state index contributed by atoms with van der Waals surface area (Å²) in [5.41, 5.74) is 2.40. The van der Waals surface area contributed by atoms with E-state index < -0.39 is 0 Å². The first-order valence-corrected chi connectivity index (χ1v) is 6.02. The molecule has 4 nitrogen and oxygen atoms in total. The first-order chi connectivity index (χ1) is 9.35. The molecule has 4 heteroatoms. The number of nitrogens with zero attached hydrogens (tertiary/aromatic N) is 1. The fourth-order valence-electron chi connectivity index (χ4n) is 1.95. The summed E-state index contributed by atoms with van der Waals surface area (Å²) >= 11 is 0. The molecule has 0 atom stereocenters. The zero-order valence-electron chi connectivity index (χ0n) is 10.2. The maximum Gasteiger partial charge on any atom is 0.163 e. The molecule has 0 fully saturated rings. The van der Waals surface area contributed by atoms with E-state index in [1.54, 1.807) is 12.1 Å². The number of rotatable bonds is 2. The molecule has 1 aliphatic rings. The van der Waals surface area contributed by atoms with Gasteiger partial charge in [0.05, 0.1) is 11.6 Å².